The summed E-state index contributed by atoms with van der Waals surface area (Å²) in [5.74, 6) is -1.20. The Balaban J connectivity index is 0.839. The molecule has 532 valence electrons. The summed E-state index contributed by atoms with van der Waals surface area (Å²) in [5, 5.41) is 20.9. The van der Waals surface area contributed by atoms with E-state index in [-0.39, 0.29) is 104 Å². The van der Waals surface area contributed by atoms with Gasteiger partial charge in [0.25, 0.3) is 46.4 Å². The summed E-state index contributed by atoms with van der Waals surface area (Å²) in [5.41, 5.74) is 3.68. The average Bonchev–Trinajstić information content (AvgIpc) is 1.55. The predicted octanol–water partition coefficient (Wildman–Crippen LogP) is 6.92. The minimum atomic E-state index is -5.01. The van der Waals surface area contributed by atoms with E-state index in [1.54, 1.807) is 49.7 Å². The highest BCUT2D eigenvalue weighted by Gasteiger charge is 2.47. The van der Waals surface area contributed by atoms with Crippen LogP contribution in [0, 0.1) is 5.92 Å². The molecule has 7 N–H and O–H groups in total. The second-order valence-electron chi connectivity index (χ2n) is 24.5. The van der Waals surface area contributed by atoms with Gasteiger partial charge in [0.1, 0.15) is 28.1 Å². The molecular formula is C64H81N8O21S5+. The van der Waals surface area contributed by atoms with Crippen molar-refractivity contribution in [2.24, 2.45) is 5.92 Å². The number of rotatable bonds is 34. The molecule has 0 bridgehead atoms. The number of hydrogen-bond donors (Lipinski definition) is 7. The number of nitrogens with zero attached hydrogens (tertiary/aromatic N) is 6. The quantitative estimate of drug-likeness (QED) is 0.00538. The third-order valence-corrected chi connectivity index (χ3v) is 22.2. The van der Waals surface area contributed by atoms with E-state index in [2.05, 4.69) is 15.6 Å². The SMILES string of the molecule is CCN1\C(=C/C=C/C=C/C2=[N+](CCCCCC(=O)NCCOCCOCCOCCn3cc(CN(C(C(=O)NO)C(C)C)S(=O)(=O)c4ccc(OC)cc4)nn3)c3ccc4c(S(=O)(=O)O)cc(S(=O)(=O)O)cc4c3C2(C)C)C(C)(C)c2c1ccc1c(S(=O)(=O)O)cc(S(=O)(=O)O)cc21. The van der Waals surface area contributed by atoms with Crippen LogP contribution in [0.3, 0.4) is 0 Å². The van der Waals surface area contributed by atoms with Crippen LogP contribution in [0.5, 0.6) is 5.75 Å². The first kappa shape index (κ1) is 76.3. The van der Waals surface area contributed by atoms with E-state index >= 15 is 0 Å². The molecule has 0 spiro atoms. The molecule has 1 unspecified atom stereocenters. The lowest BCUT2D eigenvalue weighted by Gasteiger charge is -2.31. The summed E-state index contributed by atoms with van der Waals surface area (Å²) in [6.07, 6.45) is 12.4. The Kier molecular flexibility index (Phi) is 24.1. The number of carbonyl (C=O) groups excluding carboxylic acids is 2. The molecule has 98 heavy (non-hydrogen) atoms. The molecule has 3 heterocycles. The lowest BCUT2D eigenvalue weighted by molar-refractivity contribution is -0.438. The number of likely N-dealkylation sites (N-methyl/N-ethyl adjacent to an activating group) is 1. The standard InChI is InChI=1S/C64H80N8O21S5/c1-9-70-52-25-23-48-50(36-46(95(78,79)80)38-54(48)97(84,85)86)59(52)63(4,5)56(70)16-12-10-13-17-57-64(6,7)60-51-37-47(96(81,82)83)39-55(98(87,88)89)49(51)24-26-53(60)71(57)28-15-11-14-18-58(73)65-27-30-91-32-34-93-35-33-92-31-29-69-40-43(66-68-69)41-72(61(42(2)3)62(74)67-75)94(76,77)45-21-19-44(90-8)20-22-45/h10,12-13,16-17,19-26,36-40,42,61H,9,11,14-15,18,27-35,41H2,1-8H3,(H6-,65,66,67,68,73,74,75,78,79,80,81,82,83,84,85,86,87,88,89)/p+1. The number of hydroxylamine groups is 1. The van der Waals surface area contributed by atoms with Crippen molar-refractivity contribution in [2.75, 3.05) is 71.3 Å². The van der Waals surface area contributed by atoms with Crippen LogP contribution < -0.4 is 20.4 Å². The molecule has 2 aliphatic heterocycles. The first-order valence-electron chi connectivity index (χ1n) is 31.1. The van der Waals surface area contributed by atoms with Crippen LogP contribution in [0.4, 0.5) is 11.4 Å². The number of fused-ring (bicyclic) bond motifs is 6. The van der Waals surface area contributed by atoms with Crippen LogP contribution in [-0.4, -0.2) is 179 Å². The molecule has 1 atom stereocenters. The number of anilines is 1. The van der Waals surface area contributed by atoms with Crippen LogP contribution >= 0.6 is 0 Å². The Morgan fingerprint density at radius 2 is 1.26 bits per heavy atom. The van der Waals surface area contributed by atoms with E-state index in [4.69, 9.17) is 18.9 Å². The van der Waals surface area contributed by atoms with Gasteiger partial charge in [-0.05, 0) is 123 Å². The second kappa shape index (κ2) is 31.0. The second-order valence-corrected chi connectivity index (χ2v) is 32.1. The van der Waals surface area contributed by atoms with Crippen molar-refractivity contribution in [1.29, 1.82) is 0 Å². The number of carbonyl (C=O) groups is 2. The largest absolute Gasteiger partial charge is 0.497 e. The monoisotopic (exact) mass is 1460 g/mol. The minimum Gasteiger partial charge on any atom is -0.497 e. The summed E-state index contributed by atoms with van der Waals surface area (Å²) in [4.78, 5) is 24.7. The van der Waals surface area contributed by atoms with Crippen molar-refractivity contribution in [2.45, 2.75) is 129 Å². The Hall–Kier alpha value is -7.42. The van der Waals surface area contributed by atoms with Crippen molar-refractivity contribution in [3.8, 4) is 5.75 Å². The van der Waals surface area contributed by atoms with E-state index < -0.39 is 98.8 Å². The number of aromatic nitrogens is 3. The molecule has 0 aliphatic carbocycles. The molecule has 0 saturated carbocycles. The van der Waals surface area contributed by atoms with Gasteiger partial charge in [-0.1, -0.05) is 57.2 Å². The third kappa shape index (κ3) is 17.2. The van der Waals surface area contributed by atoms with E-state index in [9.17, 15) is 75.1 Å². The summed E-state index contributed by atoms with van der Waals surface area (Å²) >= 11 is 0. The number of methoxy groups -OCH3 is 1. The molecular weight excluding hydrogens is 1380 g/mol. The van der Waals surface area contributed by atoms with Crippen LogP contribution in [0.15, 0.2) is 140 Å². The molecule has 34 heteroatoms. The highest BCUT2D eigenvalue weighted by molar-refractivity contribution is 7.89. The smallest absolute Gasteiger partial charge is 0.295 e. The zero-order valence-corrected chi connectivity index (χ0v) is 59.2. The highest BCUT2D eigenvalue weighted by Crippen LogP contribution is 2.52. The topological polar surface area (TPSA) is 407 Å². The van der Waals surface area contributed by atoms with Gasteiger partial charge in [0.2, 0.25) is 21.6 Å². The van der Waals surface area contributed by atoms with Crippen LogP contribution in [-0.2, 0) is 98.2 Å². The molecule has 6 aromatic rings. The van der Waals surface area contributed by atoms with Crippen LogP contribution in [0.25, 0.3) is 21.5 Å². The van der Waals surface area contributed by atoms with Crippen LogP contribution in [0.1, 0.15) is 91.0 Å². The van der Waals surface area contributed by atoms with Gasteiger partial charge in [-0.3, -0.25) is 33.0 Å². The van der Waals surface area contributed by atoms with Crippen molar-refractivity contribution in [3.05, 3.63) is 132 Å². The number of sulfonamides is 1. The lowest BCUT2D eigenvalue weighted by atomic mass is 9.79. The number of hydrogen-bond acceptors (Lipinski definition) is 20. The van der Waals surface area contributed by atoms with E-state index in [0.717, 1.165) is 10.0 Å². The maximum atomic E-state index is 13.9. The molecule has 0 fully saturated rings. The van der Waals surface area contributed by atoms with Gasteiger partial charge in [-0.25, -0.2) is 18.6 Å². The number of allylic oxidation sites excluding steroid dienone is 6. The van der Waals surface area contributed by atoms with Crippen LogP contribution in [0.2, 0.25) is 0 Å². The summed E-state index contributed by atoms with van der Waals surface area (Å²) in [6.45, 7) is 15.1. The first-order valence-corrected chi connectivity index (χ1v) is 38.3. The number of nitrogens with one attached hydrogen (secondary N) is 2. The Labute approximate surface area is 569 Å². The fourth-order valence-electron chi connectivity index (χ4n) is 12.5. The first-order chi connectivity index (χ1) is 46.0. The fraction of sp³-hybridized carbons (Fsp3) is 0.422. The molecule has 2 aliphatic rings. The highest BCUT2D eigenvalue weighted by atomic mass is 32.2. The molecule has 2 amide bonds. The maximum Gasteiger partial charge on any atom is 0.295 e. The summed E-state index contributed by atoms with van der Waals surface area (Å²) in [6, 6.07) is 14.4. The van der Waals surface area contributed by atoms with Crippen molar-refractivity contribution < 1.29 is 98.6 Å². The minimum absolute atomic E-state index is 0.0194. The molecule has 8 rings (SSSR count). The van der Waals surface area contributed by atoms with E-state index in [0.29, 0.717) is 78.4 Å². The fourth-order valence-corrected chi connectivity index (χ4v) is 16.8. The van der Waals surface area contributed by atoms with Gasteiger partial charge in [-0.2, -0.15) is 42.6 Å². The Bertz CT molecular complexity index is 4720. The molecule has 5 aromatic carbocycles. The third-order valence-electron chi connectivity index (χ3n) is 16.9. The molecule has 29 nitrogen and oxygen atoms in total. The number of unbranched alkanes of at least 4 members (excludes halogenated alkanes) is 2. The molecule has 0 saturated heterocycles. The number of amides is 2. The predicted molar refractivity (Wildman–Crippen MR) is 361 cm³/mol. The summed E-state index contributed by atoms with van der Waals surface area (Å²) < 4.78 is 196. The zero-order chi connectivity index (χ0) is 71.9. The molecule has 1 aromatic heterocycles. The van der Waals surface area contributed by atoms with Gasteiger partial charge in [0.15, 0.2) is 5.71 Å². The van der Waals surface area contributed by atoms with Gasteiger partial charge in [0, 0.05) is 77.4 Å². The summed E-state index contributed by atoms with van der Waals surface area (Å²) in [7, 11) is -22.7. The van der Waals surface area contributed by atoms with Crippen molar-refractivity contribution in [3.63, 3.8) is 0 Å². The van der Waals surface area contributed by atoms with E-state index in [1.165, 1.54) is 66.5 Å². The van der Waals surface area contributed by atoms with Gasteiger partial charge in [0.05, 0.1) is 85.6 Å². The van der Waals surface area contributed by atoms with Gasteiger partial charge >= 0.3 is 0 Å². The number of ether oxygens (including phenoxy) is 4. The zero-order valence-electron chi connectivity index (χ0n) is 55.1. The van der Waals surface area contributed by atoms with Crippen molar-refractivity contribution in [1.82, 2.24) is 30.1 Å². The van der Waals surface area contributed by atoms with Crippen molar-refractivity contribution >= 4 is 101 Å². The molecule has 0 radical (unpaired) electrons. The van der Waals surface area contributed by atoms with Gasteiger partial charge < -0.3 is 29.2 Å². The Morgan fingerprint density at radius 1 is 0.673 bits per heavy atom. The Morgan fingerprint density at radius 3 is 1.82 bits per heavy atom. The normalized spacial score (nSPS) is 15.8. The van der Waals surface area contributed by atoms with E-state index in [1.807, 2.05) is 56.2 Å². The van der Waals surface area contributed by atoms with Gasteiger partial charge in [-0.15, -0.1) is 5.10 Å². The maximum absolute atomic E-state index is 13.9. The lowest BCUT2D eigenvalue weighted by Crippen LogP contribution is -2.51. The number of benzene rings is 5. The average molecular weight is 1460 g/mol.